The number of halogens is 1. The Bertz CT molecular complexity index is 439. The Morgan fingerprint density at radius 1 is 1.59 bits per heavy atom. The van der Waals surface area contributed by atoms with Crippen LogP contribution in [-0.4, -0.2) is 11.9 Å². The topological polar surface area (TPSA) is 55.1 Å². The molecule has 1 unspecified atom stereocenters. The van der Waals surface area contributed by atoms with E-state index in [-0.39, 0.29) is 18.4 Å². The smallest absolute Gasteiger partial charge is 0.238 e. The monoisotopic (exact) mass is 294 g/mol. The molecule has 4 heteroatoms. The van der Waals surface area contributed by atoms with Crippen molar-refractivity contribution in [1.29, 1.82) is 0 Å². The van der Waals surface area contributed by atoms with E-state index in [1.54, 1.807) is 0 Å². The van der Waals surface area contributed by atoms with Crippen molar-refractivity contribution in [3.8, 4) is 12.3 Å². The summed E-state index contributed by atoms with van der Waals surface area (Å²) in [5.41, 5.74) is 6.63. The van der Waals surface area contributed by atoms with Gasteiger partial charge in [-0.25, -0.2) is 0 Å². The number of nitrogens with two attached hydrogens (primary N) is 1. The molecule has 0 aliphatic carbocycles. The number of nitrogens with one attached hydrogen (secondary N) is 1. The number of terminal acetylenes is 1. The molecule has 90 valence electrons. The second-order valence-electron chi connectivity index (χ2n) is 3.77. The molecule has 0 fully saturated rings. The summed E-state index contributed by atoms with van der Waals surface area (Å²) >= 11 is 3.44. The molecule has 0 aliphatic heterocycles. The Hall–Kier alpha value is -1.31. The average Bonchev–Trinajstić information content (AvgIpc) is 2.29. The summed E-state index contributed by atoms with van der Waals surface area (Å²) in [5.74, 6) is 2.15. The maximum Gasteiger partial charge on any atom is 0.238 e. The van der Waals surface area contributed by atoms with Gasteiger partial charge < -0.3 is 11.1 Å². The number of benzene rings is 1. The van der Waals surface area contributed by atoms with Crippen LogP contribution in [0.25, 0.3) is 0 Å². The molecule has 0 aromatic heterocycles. The molecule has 0 aliphatic rings. The zero-order chi connectivity index (χ0) is 12.8. The Kier molecular flexibility index (Phi) is 5.20. The number of carbonyl (C=O) groups is 1. The van der Waals surface area contributed by atoms with Gasteiger partial charge in [0.15, 0.2) is 0 Å². The van der Waals surface area contributed by atoms with Crippen LogP contribution < -0.4 is 11.1 Å². The van der Waals surface area contributed by atoms with E-state index in [2.05, 4.69) is 27.2 Å². The first-order valence-electron chi connectivity index (χ1n) is 5.30. The molecule has 0 radical (unpaired) electrons. The highest BCUT2D eigenvalue weighted by molar-refractivity contribution is 9.10. The second kappa shape index (κ2) is 6.43. The molecule has 0 saturated carbocycles. The summed E-state index contributed by atoms with van der Waals surface area (Å²) in [6, 6.07) is 6.96. The van der Waals surface area contributed by atoms with Crippen LogP contribution in [0.1, 0.15) is 24.9 Å². The van der Waals surface area contributed by atoms with Gasteiger partial charge in [-0.3, -0.25) is 4.79 Å². The molecule has 1 rings (SSSR count). The molecule has 1 aromatic carbocycles. The Morgan fingerprint density at radius 2 is 2.24 bits per heavy atom. The number of hydrogen-bond acceptors (Lipinski definition) is 2. The molecule has 0 saturated heterocycles. The van der Waals surface area contributed by atoms with Crippen molar-refractivity contribution < 1.29 is 4.79 Å². The van der Waals surface area contributed by atoms with E-state index in [4.69, 9.17) is 12.2 Å². The molecule has 3 N–H and O–H groups in total. The second-order valence-corrected chi connectivity index (χ2v) is 4.62. The molecule has 3 nitrogen and oxygen atoms in total. The Balaban J connectivity index is 2.67. The molecule has 0 spiro atoms. The highest BCUT2D eigenvalue weighted by Crippen LogP contribution is 2.22. The van der Waals surface area contributed by atoms with Gasteiger partial charge in [-0.05, 0) is 18.6 Å². The van der Waals surface area contributed by atoms with Crippen LogP contribution in [0.3, 0.4) is 0 Å². The van der Waals surface area contributed by atoms with Gasteiger partial charge in [0, 0.05) is 10.9 Å². The maximum absolute atomic E-state index is 11.7. The lowest BCUT2D eigenvalue weighted by molar-refractivity contribution is -0.122. The number of hydrogen-bond donors (Lipinski definition) is 2. The standard InChI is InChI=1S/C13H15BrN2O/c1-3-6-12(15)13(17)16-9(2)10-7-4-5-8-11(10)14/h1,4-5,7-9,12H,6,15H2,2H3,(H,16,17)/t9-,12?/m1/s1. The number of carbonyl (C=O) groups excluding carboxylic acids is 1. The average molecular weight is 295 g/mol. The number of amides is 1. The van der Waals surface area contributed by atoms with Crippen LogP contribution in [0.4, 0.5) is 0 Å². The maximum atomic E-state index is 11.7. The summed E-state index contributed by atoms with van der Waals surface area (Å²) in [6.07, 6.45) is 5.36. The first-order chi connectivity index (χ1) is 8.06. The molecule has 2 atom stereocenters. The zero-order valence-corrected chi connectivity index (χ0v) is 11.2. The first kappa shape index (κ1) is 13.8. The summed E-state index contributed by atoms with van der Waals surface area (Å²) in [7, 11) is 0. The molecule has 1 aromatic rings. The van der Waals surface area contributed by atoms with Gasteiger partial charge in [0.1, 0.15) is 0 Å². The van der Waals surface area contributed by atoms with Crippen LogP contribution in [0.2, 0.25) is 0 Å². The van der Waals surface area contributed by atoms with Gasteiger partial charge in [-0.15, -0.1) is 12.3 Å². The van der Waals surface area contributed by atoms with Gasteiger partial charge >= 0.3 is 0 Å². The quantitative estimate of drug-likeness (QED) is 0.835. The van der Waals surface area contributed by atoms with E-state index in [0.29, 0.717) is 0 Å². The zero-order valence-electron chi connectivity index (χ0n) is 9.61. The fourth-order valence-electron chi connectivity index (χ4n) is 1.44. The normalized spacial score (nSPS) is 13.5. The highest BCUT2D eigenvalue weighted by Gasteiger charge is 2.16. The summed E-state index contributed by atoms with van der Waals surface area (Å²) in [6.45, 7) is 1.90. The highest BCUT2D eigenvalue weighted by atomic mass is 79.9. The fourth-order valence-corrected chi connectivity index (χ4v) is 2.07. The lowest BCUT2D eigenvalue weighted by atomic mass is 10.1. The van der Waals surface area contributed by atoms with Crippen molar-refractivity contribution in [2.75, 3.05) is 0 Å². The summed E-state index contributed by atoms with van der Waals surface area (Å²) in [4.78, 5) is 11.7. The third kappa shape index (κ3) is 3.88. The van der Waals surface area contributed by atoms with E-state index in [0.717, 1.165) is 10.0 Å². The Morgan fingerprint density at radius 3 is 2.82 bits per heavy atom. The molecular weight excluding hydrogens is 280 g/mol. The fraction of sp³-hybridized carbons (Fsp3) is 0.308. The van der Waals surface area contributed by atoms with Crippen molar-refractivity contribution in [2.24, 2.45) is 5.73 Å². The molecule has 0 bridgehead atoms. The predicted molar refractivity (Wildman–Crippen MR) is 72.1 cm³/mol. The van der Waals surface area contributed by atoms with E-state index < -0.39 is 6.04 Å². The minimum Gasteiger partial charge on any atom is -0.348 e. The molecule has 17 heavy (non-hydrogen) atoms. The van der Waals surface area contributed by atoms with Crippen LogP contribution in [0.15, 0.2) is 28.7 Å². The van der Waals surface area contributed by atoms with E-state index in [1.165, 1.54) is 0 Å². The minimum absolute atomic E-state index is 0.109. The van der Waals surface area contributed by atoms with E-state index in [9.17, 15) is 4.79 Å². The summed E-state index contributed by atoms with van der Waals surface area (Å²) in [5, 5.41) is 2.83. The van der Waals surface area contributed by atoms with Crippen molar-refractivity contribution in [3.63, 3.8) is 0 Å². The third-order valence-electron chi connectivity index (χ3n) is 2.41. The van der Waals surface area contributed by atoms with Crippen LogP contribution in [0, 0.1) is 12.3 Å². The van der Waals surface area contributed by atoms with Crippen LogP contribution >= 0.6 is 15.9 Å². The SMILES string of the molecule is C#CCC(N)C(=O)N[C@H](C)c1ccccc1Br. The van der Waals surface area contributed by atoms with Crippen molar-refractivity contribution in [2.45, 2.75) is 25.4 Å². The van der Waals surface area contributed by atoms with Crippen molar-refractivity contribution >= 4 is 21.8 Å². The van der Waals surface area contributed by atoms with E-state index in [1.807, 2.05) is 31.2 Å². The van der Waals surface area contributed by atoms with Gasteiger partial charge in [0.25, 0.3) is 0 Å². The lowest BCUT2D eigenvalue weighted by Gasteiger charge is -2.17. The third-order valence-corrected chi connectivity index (χ3v) is 3.13. The van der Waals surface area contributed by atoms with Gasteiger partial charge in [0.05, 0.1) is 12.1 Å². The predicted octanol–water partition coefficient (Wildman–Crippen LogP) is 1.98. The van der Waals surface area contributed by atoms with Crippen molar-refractivity contribution in [1.82, 2.24) is 5.32 Å². The minimum atomic E-state index is -0.648. The van der Waals surface area contributed by atoms with Crippen molar-refractivity contribution in [3.05, 3.63) is 34.3 Å². The summed E-state index contributed by atoms with van der Waals surface area (Å²) < 4.78 is 0.957. The molecule has 1 amide bonds. The molecular formula is C13H15BrN2O. The van der Waals surface area contributed by atoms with Gasteiger partial charge in [-0.2, -0.15) is 0 Å². The van der Waals surface area contributed by atoms with E-state index >= 15 is 0 Å². The van der Waals surface area contributed by atoms with Gasteiger partial charge in [0.2, 0.25) is 5.91 Å². The van der Waals surface area contributed by atoms with Gasteiger partial charge in [-0.1, -0.05) is 34.1 Å². The van der Waals surface area contributed by atoms with Crippen LogP contribution in [-0.2, 0) is 4.79 Å². The lowest BCUT2D eigenvalue weighted by Crippen LogP contribution is -2.41. The molecule has 0 heterocycles. The number of rotatable bonds is 4. The first-order valence-corrected chi connectivity index (χ1v) is 6.09. The largest absolute Gasteiger partial charge is 0.348 e. The Labute approximate surface area is 110 Å². The van der Waals surface area contributed by atoms with Crippen LogP contribution in [0.5, 0.6) is 0 Å².